The first-order valence-corrected chi connectivity index (χ1v) is 4.82. The van der Waals surface area contributed by atoms with Crippen molar-refractivity contribution >= 4 is 44.4 Å². The molecule has 18 heteroatoms. The number of anilines is 1. The summed E-state index contributed by atoms with van der Waals surface area (Å²) in [5.74, 6) is 0. The van der Waals surface area contributed by atoms with Crippen molar-refractivity contribution in [3.63, 3.8) is 0 Å². The van der Waals surface area contributed by atoms with Gasteiger partial charge in [-0.25, -0.2) is 0 Å². The van der Waals surface area contributed by atoms with Crippen molar-refractivity contribution in [2.24, 2.45) is 0 Å². The molecule has 0 aliphatic heterocycles. The van der Waals surface area contributed by atoms with Gasteiger partial charge in [0, 0.05) is 5.69 Å². The fourth-order valence-corrected chi connectivity index (χ4v) is 0.453. The summed E-state index contributed by atoms with van der Waals surface area (Å²) in [6, 6.07) is 9.49. The zero-order valence-electron chi connectivity index (χ0n) is 12.6. The average molecular weight is 475 g/mol. The Balaban J connectivity index is -0.0000000470. The van der Waals surface area contributed by atoms with Gasteiger partial charge in [-0.05, 0) is 12.1 Å². The smallest absolute Gasteiger partial charge is 1.00 e. The van der Waals surface area contributed by atoms with Crippen LogP contribution >= 0.6 is 17.0 Å². The largest absolute Gasteiger partial charge is 1.00 e. The number of halogens is 13. The summed E-state index contributed by atoms with van der Waals surface area (Å²) in [6.07, 6.45) is 0. The second-order valence-corrected chi connectivity index (χ2v) is 2.90. The fraction of sp³-hybridized carbons (Fsp3) is 0. The molecule has 0 unspecified atom stereocenters. The second kappa shape index (κ2) is 16.9. The Labute approximate surface area is 183 Å². The molecule has 0 aliphatic rings. The summed E-state index contributed by atoms with van der Waals surface area (Å²) in [5.41, 5.74) is 6.18. The first kappa shape index (κ1) is 35.6. The van der Waals surface area contributed by atoms with Crippen molar-refractivity contribution in [3.8, 4) is 0 Å². The second-order valence-electron chi connectivity index (χ2n) is 2.90. The minimum absolute atomic E-state index is 0. The molecule has 0 aromatic heterocycles. The average Bonchev–Trinajstić information content (AvgIpc) is 2.09. The maximum absolute atomic E-state index is 9.75. The molecule has 0 bridgehead atoms. The van der Waals surface area contributed by atoms with Crippen molar-refractivity contribution in [1.82, 2.24) is 0 Å². The Morgan fingerprint density at radius 2 is 0.750 bits per heavy atom. The van der Waals surface area contributed by atoms with Crippen LogP contribution in [0.15, 0.2) is 30.3 Å². The van der Waals surface area contributed by atoms with E-state index in [-0.39, 0.29) is 69.8 Å². The number of benzene rings is 1. The Morgan fingerprint density at radius 1 is 0.583 bits per heavy atom. The van der Waals surface area contributed by atoms with E-state index in [1.165, 1.54) is 0 Å². The van der Waals surface area contributed by atoms with E-state index in [0.717, 1.165) is 5.69 Å². The normalized spacial score (nSPS) is 10.0. The number of rotatable bonds is 0. The molecule has 1 aromatic carbocycles. The van der Waals surface area contributed by atoms with Gasteiger partial charge in [-0.3, -0.25) is 0 Å². The topological polar surface area (TPSA) is 26.0 Å². The third-order valence-corrected chi connectivity index (χ3v) is 0.800. The molecule has 0 fully saturated rings. The van der Waals surface area contributed by atoms with Gasteiger partial charge in [0.15, 0.2) is 0 Å². The third-order valence-electron chi connectivity index (χ3n) is 0.800. The van der Waals surface area contributed by atoms with E-state index in [4.69, 9.17) is 5.73 Å². The number of hydrogen-bond donors (Lipinski definition) is 1. The zero-order chi connectivity index (χ0) is 18.6. The van der Waals surface area contributed by atoms with Gasteiger partial charge < -0.3 is 58.9 Å². The van der Waals surface area contributed by atoms with Crippen molar-refractivity contribution in [2.45, 2.75) is 0 Å². The van der Waals surface area contributed by atoms with Gasteiger partial charge in [-0.1, -0.05) is 18.2 Å². The van der Waals surface area contributed by atoms with Crippen LogP contribution in [-0.2, 0) is 0 Å². The first-order chi connectivity index (χ1) is 9.39. The van der Waals surface area contributed by atoms with Crippen molar-refractivity contribution in [2.75, 3.05) is 5.73 Å². The van der Waals surface area contributed by atoms with Gasteiger partial charge in [0.2, 0.25) is 0 Å². The predicted molar refractivity (Wildman–Crippen MR) is 72.8 cm³/mol. The minimum atomic E-state index is -6.00. The van der Waals surface area contributed by atoms with Crippen LogP contribution in [-0.4, -0.2) is 21.8 Å². The summed E-state index contributed by atoms with van der Waals surface area (Å²) in [4.78, 5) is 0. The van der Waals surface area contributed by atoms with E-state index >= 15 is 0 Å². The zero-order valence-corrected chi connectivity index (χ0v) is 16.5. The maximum Gasteiger partial charge on any atom is 1.00 e. The number of para-hydroxylation sites is 1. The van der Waals surface area contributed by atoms with E-state index in [1.807, 2.05) is 30.3 Å². The van der Waals surface area contributed by atoms with E-state index in [9.17, 15) is 51.8 Å². The van der Waals surface area contributed by atoms with Crippen LogP contribution in [0.4, 0.5) is 57.5 Å². The summed E-state index contributed by atoms with van der Waals surface area (Å²) < 4.78 is 117. The van der Waals surface area contributed by atoms with Crippen LogP contribution in [0.3, 0.4) is 0 Å². The van der Waals surface area contributed by atoms with Crippen LogP contribution < -0.4 is 57.1 Å². The molecule has 24 heavy (non-hydrogen) atoms. The molecule has 0 radical (unpaired) electrons. The Morgan fingerprint density at radius 3 is 0.833 bits per heavy atom. The van der Waals surface area contributed by atoms with E-state index in [2.05, 4.69) is 0 Å². The molecule has 1 aromatic rings. The molecule has 0 aliphatic carbocycles. The molecule has 0 saturated heterocycles. The standard InChI is InChI=1S/C6H7N.3BF4.BrH.K.H/c7-6-4-2-1-3-5-6;3*2-1(3,4)5;;;/h1-5H,7H2;;;;1H;;/q;3*-1;;+1;-1. The van der Waals surface area contributed by atoms with Crippen LogP contribution in [0.2, 0.25) is 0 Å². The Kier molecular flexibility index (Phi) is 25.1. The molecule has 1 nitrogen and oxygen atoms in total. The van der Waals surface area contributed by atoms with Gasteiger partial charge in [0.1, 0.15) is 0 Å². The van der Waals surface area contributed by atoms with Crippen molar-refractivity contribution in [1.29, 1.82) is 0 Å². The summed E-state index contributed by atoms with van der Waals surface area (Å²) in [5, 5.41) is 0. The van der Waals surface area contributed by atoms with Crippen LogP contribution in [0.25, 0.3) is 0 Å². The van der Waals surface area contributed by atoms with Crippen molar-refractivity contribution < 1.29 is 105 Å². The van der Waals surface area contributed by atoms with Crippen LogP contribution in [0, 0.1) is 0 Å². The molecule has 0 atom stereocenters. The van der Waals surface area contributed by atoms with Crippen LogP contribution in [0.1, 0.15) is 1.43 Å². The third kappa shape index (κ3) is 144. The monoisotopic (exact) mass is 474 g/mol. The number of hydrogen-bond acceptors (Lipinski definition) is 1. The maximum atomic E-state index is 9.75. The molecule has 0 spiro atoms. The quantitative estimate of drug-likeness (QED) is 0.349. The number of nitrogens with two attached hydrogens (primary N) is 1. The van der Waals surface area contributed by atoms with E-state index in [1.54, 1.807) is 0 Å². The predicted octanol–water partition coefficient (Wildman–Crippen LogP) is 2.86. The first-order valence-electron chi connectivity index (χ1n) is 4.82. The molecule has 0 heterocycles. The van der Waals surface area contributed by atoms with Gasteiger partial charge in [0.25, 0.3) is 0 Å². The molecule has 0 saturated carbocycles. The van der Waals surface area contributed by atoms with E-state index < -0.39 is 21.8 Å². The summed E-state index contributed by atoms with van der Waals surface area (Å²) in [7, 11) is -18.0. The molecular weight excluding hydrogens is 465 g/mol. The van der Waals surface area contributed by atoms with Gasteiger partial charge in [-0.15, -0.1) is 17.0 Å². The number of nitrogen functional groups attached to an aromatic ring is 1. The summed E-state index contributed by atoms with van der Waals surface area (Å²) >= 11 is 0. The molecule has 142 valence electrons. The van der Waals surface area contributed by atoms with Gasteiger partial charge in [0.05, 0.1) is 0 Å². The molecule has 2 N–H and O–H groups in total. The SMILES string of the molecule is Br.F[B-](F)(F)F.F[B-](F)(F)F.F[B-](F)(F)F.Nc1ccccc1.[H-].[K+]. The summed E-state index contributed by atoms with van der Waals surface area (Å²) in [6.45, 7) is 0. The molecule has 1 rings (SSSR count). The van der Waals surface area contributed by atoms with Crippen LogP contribution in [0.5, 0.6) is 0 Å². The Hall–Kier alpha value is 0.491. The van der Waals surface area contributed by atoms with Crippen molar-refractivity contribution in [3.05, 3.63) is 30.3 Å². The molecular formula is C6H9B3BrF12KN-3. The Bertz CT molecular complexity index is 331. The minimum Gasteiger partial charge on any atom is -1.00 e. The van der Waals surface area contributed by atoms with E-state index in [0.29, 0.717) is 0 Å². The van der Waals surface area contributed by atoms with Gasteiger partial charge >= 0.3 is 73.1 Å². The fourth-order valence-electron chi connectivity index (χ4n) is 0.453. The molecule has 0 amide bonds. The van der Waals surface area contributed by atoms with Gasteiger partial charge in [-0.2, -0.15) is 0 Å².